The van der Waals surface area contributed by atoms with Gasteiger partial charge in [-0.1, -0.05) is 0 Å². The minimum absolute atomic E-state index is 0.343. The first-order chi connectivity index (χ1) is 5.88. The lowest BCUT2D eigenvalue weighted by Crippen LogP contribution is -2.22. The number of hydrogen-bond donors (Lipinski definition) is 1. The summed E-state index contributed by atoms with van der Waals surface area (Å²) in [6.45, 7) is 5.65. The fourth-order valence-corrected chi connectivity index (χ4v) is 0.910. The summed E-state index contributed by atoms with van der Waals surface area (Å²) in [5.74, 6) is -0.561. The van der Waals surface area contributed by atoms with Gasteiger partial charge in [-0.25, -0.2) is 4.39 Å². The first kappa shape index (κ1) is 9.84. The van der Waals surface area contributed by atoms with Crippen LogP contribution in [0.15, 0.2) is 18.2 Å². The number of benzene rings is 1. The lowest BCUT2D eigenvalue weighted by Gasteiger charge is -2.21. The molecule has 13 heavy (non-hydrogen) atoms. The Labute approximate surface area is 77.0 Å². The quantitative estimate of drug-likeness (QED) is 0.727. The summed E-state index contributed by atoms with van der Waals surface area (Å²) >= 11 is 0. The molecule has 1 N–H and O–H groups in total. The highest BCUT2D eigenvalue weighted by Gasteiger charge is 2.12. The molecule has 0 saturated carbocycles. The summed E-state index contributed by atoms with van der Waals surface area (Å²) < 4.78 is 18.0. The van der Waals surface area contributed by atoms with E-state index in [2.05, 4.69) is 0 Å². The van der Waals surface area contributed by atoms with Crippen LogP contribution >= 0.6 is 0 Å². The van der Waals surface area contributed by atoms with Crippen LogP contribution in [-0.2, 0) is 0 Å². The summed E-state index contributed by atoms with van der Waals surface area (Å²) in [6.07, 6.45) is 0. The molecular weight excluding hydrogens is 171 g/mol. The Bertz CT molecular complexity index is 302. The smallest absolute Gasteiger partial charge is 0.165 e. The normalized spacial score (nSPS) is 11.4. The van der Waals surface area contributed by atoms with E-state index in [0.29, 0.717) is 5.75 Å². The molecule has 0 unspecified atom stereocenters. The number of rotatable bonds is 1. The van der Waals surface area contributed by atoms with Crippen molar-refractivity contribution in [1.82, 2.24) is 0 Å². The number of ether oxygens (including phenoxy) is 1. The molecular formula is C10H13FO2. The Balaban J connectivity index is 2.86. The molecule has 2 nitrogen and oxygen atoms in total. The van der Waals surface area contributed by atoms with E-state index >= 15 is 0 Å². The Morgan fingerprint density at radius 2 is 1.92 bits per heavy atom. The van der Waals surface area contributed by atoms with Gasteiger partial charge >= 0.3 is 0 Å². The molecule has 0 amide bonds. The van der Waals surface area contributed by atoms with Crippen LogP contribution in [0.5, 0.6) is 11.5 Å². The zero-order valence-electron chi connectivity index (χ0n) is 7.97. The van der Waals surface area contributed by atoms with Gasteiger partial charge in [0.05, 0.1) is 0 Å². The highest BCUT2D eigenvalue weighted by atomic mass is 19.1. The van der Waals surface area contributed by atoms with Gasteiger partial charge in [0.25, 0.3) is 0 Å². The molecule has 0 radical (unpaired) electrons. The zero-order valence-corrected chi connectivity index (χ0v) is 7.97. The van der Waals surface area contributed by atoms with Crippen LogP contribution in [0.1, 0.15) is 20.8 Å². The maximum absolute atomic E-state index is 12.6. The van der Waals surface area contributed by atoms with E-state index in [4.69, 9.17) is 9.84 Å². The topological polar surface area (TPSA) is 29.5 Å². The van der Waals surface area contributed by atoms with Crippen LogP contribution in [0, 0.1) is 5.82 Å². The van der Waals surface area contributed by atoms with Crippen LogP contribution < -0.4 is 4.74 Å². The third-order valence-electron chi connectivity index (χ3n) is 1.34. The van der Waals surface area contributed by atoms with Crippen molar-refractivity contribution in [2.45, 2.75) is 26.4 Å². The minimum atomic E-state index is -0.638. The van der Waals surface area contributed by atoms with Crippen molar-refractivity contribution >= 4 is 0 Å². The van der Waals surface area contributed by atoms with Crippen molar-refractivity contribution in [3.8, 4) is 11.5 Å². The number of hydrogen-bond acceptors (Lipinski definition) is 2. The van der Waals surface area contributed by atoms with Crippen molar-refractivity contribution in [1.29, 1.82) is 0 Å². The number of phenols is 1. The summed E-state index contributed by atoms with van der Waals surface area (Å²) in [4.78, 5) is 0. The fraction of sp³-hybridized carbons (Fsp3) is 0.400. The Hall–Kier alpha value is -1.25. The molecule has 0 aliphatic rings. The number of halogens is 1. The molecule has 1 rings (SSSR count). The van der Waals surface area contributed by atoms with Gasteiger partial charge in [0.1, 0.15) is 11.4 Å². The van der Waals surface area contributed by atoms with Crippen LogP contribution in [0.2, 0.25) is 0 Å². The largest absolute Gasteiger partial charge is 0.505 e. The van der Waals surface area contributed by atoms with E-state index in [1.807, 2.05) is 20.8 Å². The van der Waals surface area contributed by atoms with Gasteiger partial charge in [0, 0.05) is 6.07 Å². The lowest BCUT2D eigenvalue weighted by molar-refractivity contribution is 0.130. The minimum Gasteiger partial charge on any atom is -0.505 e. The first-order valence-electron chi connectivity index (χ1n) is 4.06. The van der Waals surface area contributed by atoms with Crippen LogP contribution in [-0.4, -0.2) is 10.7 Å². The van der Waals surface area contributed by atoms with Crippen LogP contribution in [0.25, 0.3) is 0 Å². The molecule has 1 aromatic carbocycles. The third kappa shape index (κ3) is 2.93. The van der Waals surface area contributed by atoms with Gasteiger partial charge in [0.2, 0.25) is 0 Å². The second kappa shape index (κ2) is 3.24. The first-order valence-corrected chi connectivity index (χ1v) is 4.06. The fourth-order valence-electron chi connectivity index (χ4n) is 0.910. The van der Waals surface area contributed by atoms with Crippen LogP contribution in [0.4, 0.5) is 4.39 Å². The van der Waals surface area contributed by atoms with E-state index in [9.17, 15) is 4.39 Å². The summed E-state index contributed by atoms with van der Waals surface area (Å²) in [5.41, 5.74) is -0.343. The summed E-state index contributed by atoms with van der Waals surface area (Å²) in [5, 5.41) is 9.04. The standard InChI is InChI=1S/C10H13FO2/c1-10(2,3)13-7-4-5-8(11)9(12)6-7/h4-6,12H,1-3H3. The van der Waals surface area contributed by atoms with Gasteiger partial charge in [-0.15, -0.1) is 0 Å². The third-order valence-corrected chi connectivity index (χ3v) is 1.34. The van der Waals surface area contributed by atoms with Gasteiger partial charge in [-0.2, -0.15) is 0 Å². The average Bonchev–Trinajstić information content (AvgIpc) is 1.94. The van der Waals surface area contributed by atoms with E-state index in [1.165, 1.54) is 18.2 Å². The second-order valence-electron chi connectivity index (χ2n) is 3.83. The maximum atomic E-state index is 12.6. The number of phenolic OH excluding ortho intramolecular Hbond substituents is 1. The van der Waals surface area contributed by atoms with Crippen LogP contribution in [0.3, 0.4) is 0 Å². The lowest BCUT2D eigenvalue weighted by atomic mass is 10.2. The molecule has 3 heteroatoms. The van der Waals surface area contributed by atoms with Gasteiger partial charge in [-0.05, 0) is 32.9 Å². The van der Waals surface area contributed by atoms with Crippen molar-refractivity contribution < 1.29 is 14.2 Å². The molecule has 0 aliphatic heterocycles. The van der Waals surface area contributed by atoms with Crippen molar-refractivity contribution in [2.24, 2.45) is 0 Å². The molecule has 72 valence electrons. The van der Waals surface area contributed by atoms with E-state index < -0.39 is 5.82 Å². The van der Waals surface area contributed by atoms with E-state index in [0.717, 1.165) is 0 Å². The van der Waals surface area contributed by atoms with E-state index in [-0.39, 0.29) is 11.4 Å². The van der Waals surface area contributed by atoms with Gasteiger partial charge in [-0.3, -0.25) is 0 Å². The Morgan fingerprint density at radius 3 is 2.38 bits per heavy atom. The monoisotopic (exact) mass is 184 g/mol. The predicted octanol–water partition coefficient (Wildman–Crippen LogP) is 2.71. The molecule has 1 aromatic rings. The molecule has 0 aliphatic carbocycles. The van der Waals surface area contributed by atoms with Gasteiger partial charge in [0.15, 0.2) is 11.6 Å². The molecule has 0 fully saturated rings. The zero-order chi connectivity index (χ0) is 10.1. The molecule has 0 saturated heterocycles. The SMILES string of the molecule is CC(C)(C)Oc1ccc(F)c(O)c1. The maximum Gasteiger partial charge on any atom is 0.165 e. The summed E-state index contributed by atoms with van der Waals surface area (Å²) in [7, 11) is 0. The molecule has 0 atom stereocenters. The predicted molar refractivity (Wildman–Crippen MR) is 48.4 cm³/mol. The van der Waals surface area contributed by atoms with E-state index in [1.54, 1.807) is 0 Å². The van der Waals surface area contributed by atoms with Gasteiger partial charge < -0.3 is 9.84 Å². The van der Waals surface area contributed by atoms with Crippen molar-refractivity contribution in [3.05, 3.63) is 24.0 Å². The highest BCUT2D eigenvalue weighted by Crippen LogP contribution is 2.24. The molecule has 0 bridgehead atoms. The second-order valence-corrected chi connectivity index (χ2v) is 3.83. The summed E-state index contributed by atoms with van der Waals surface area (Å²) in [6, 6.07) is 3.93. The highest BCUT2D eigenvalue weighted by molar-refractivity contribution is 5.33. The Kier molecular flexibility index (Phi) is 2.45. The van der Waals surface area contributed by atoms with Crippen molar-refractivity contribution in [2.75, 3.05) is 0 Å². The average molecular weight is 184 g/mol. The Morgan fingerprint density at radius 1 is 1.31 bits per heavy atom. The molecule has 0 heterocycles. The number of aromatic hydroxyl groups is 1. The molecule has 0 aromatic heterocycles. The molecule has 0 spiro atoms. The van der Waals surface area contributed by atoms with Crippen molar-refractivity contribution in [3.63, 3.8) is 0 Å².